The molecule has 0 saturated carbocycles. The van der Waals surface area contributed by atoms with Gasteiger partial charge in [-0.15, -0.1) is 0 Å². The minimum Gasteiger partial charge on any atom is -0.496 e. The van der Waals surface area contributed by atoms with Crippen LogP contribution in [0, 0.1) is 0 Å². The van der Waals surface area contributed by atoms with Crippen molar-refractivity contribution in [1.82, 2.24) is 10.2 Å². The number of methoxy groups -OCH3 is 1. The number of hydrogen-bond acceptors (Lipinski definition) is 5. The predicted octanol–water partition coefficient (Wildman–Crippen LogP) is 3.66. The number of carbonyl (C=O) groups excluding carboxylic acids is 1. The quantitative estimate of drug-likeness (QED) is 0.576. The van der Waals surface area contributed by atoms with Gasteiger partial charge in [0, 0.05) is 22.5 Å². The molecule has 132 valence electrons. The molecule has 0 saturated heterocycles. The van der Waals surface area contributed by atoms with Crippen LogP contribution in [0.5, 0.6) is 5.75 Å². The van der Waals surface area contributed by atoms with Gasteiger partial charge in [0.2, 0.25) is 0 Å². The molecule has 8 heteroatoms. The maximum absolute atomic E-state index is 11.9. The lowest BCUT2D eigenvalue weighted by atomic mass is 10.2. The van der Waals surface area contributed by atoms with Crippen LogP contribution in [0.4, 0.5) is 17.3 Å². The molecule has 1 aromatic heterocycles. The van der Waals surface area contributed by atoms with E-state index in [1.165, 1.54) is 0 Å². The molecule has 0 aliphatic carbocycles. The Balaban J connectivity index is 1.91. The molecule has 7 nitrogen and oxygen atoms in total. The molecule has 0 atom stereocenters. The molecule has 4 N–H and O–H groups in total. The molecular formula is C18H16ClN5O2. The van der Waals surface area contributed by atoms with E-state index >= 15 is 0 Å². The summed E-state index contributed by atoms with van der Waals surface area (Å²) in [5, 5.41) is 10.5. The van der Waals surface area contributed by atoms with E-state index in [1.807, 2.05) is 24.3 Å². The Morgan fingerprint density at radius 2 is 2.00 bits per heavy atom. The Bertz CT molecular complexity index is 950. The molecule has 26 heavy (non-hydrogen) atoms. The summed E-state index contributed by atoms with van der Waals surface area (Å²) < 4.78 is 5.27. The smallest absolute Gasteiger partial charge is 0.256 e. The largest absolute Gasteiger partial charge is 0.496 e. The highest BCUT2D eigenvalue weighted by Crippen LogP contribution is 2.27. The van der Waals surface area contributed by atoms with Crippen LogP contribution >= 0.6 is 11.6 Å². The summed E-state index contributed by atoms with van der Waals surface area (Å²) in [5.74, 6) is 0.543. The summed E-state index contributed by atoms with van der Waals surface area (Å²) in [5.41, 5.74) is 7.14. The number of nitrogens with zero attached hydrogens (tertiary/aromatic N) is 2. The van der Waals surface area contributed by atoms with Gasteiger partial charge < -0.3 is 15.8 Å². The van der Waals surface area contributed by atoms with Crippen molar-refractivity contribution in [3.05, 3.63) is 64.7 Å². The summed E-state index contributed by atoms with van der Waals surface area (Å²) in [6.45, 7) is 0. The van der Waals surface area contributed by atoms with Crippen molar-refractivity contribution in [2.75, 3.05) is 12.4 Å². The number of amides is 1. The number of nitrogens with one attached hydrogen (secondary N) is 2. The lowest BCUT2D eigenvalue weighted by molar-refractivity contribution is 0.100. The Morgan fingerprint density at radius 1 is 1.27 bits per heavy atom. The monoisotopic (exact) mass is 369 g/mol. The molecule has 1 amide bonds. The van der Waals surface area contributed by atoms with Gasteiger partial charge in [-0.05, 0) is 36.4 Å². The van der Waals surface area contributed by atoms with Crippen molar-refractivity contribution in [3.8, 4) is 5.75 Å². The number of aromatic nitrogens is 2. The maximum atomic E-state index is 11.9. The standard InChI is InChI=1S/C18H16ClN5O2/c1-26-14-5-3-2-4-11(14)10-21-17-15(16(20)25)18(24-23-17)22-13-8-6-12(19)7-9-13/h2-10H,1H3,(H2,20,25)(H2,22,23,24). The number of H-pyrrole nitrogens is 1. The molecule has 0 spiro atoms. The average molecular weight is 370 g/mol. The first kappa shape index (κ1) is 17.5. The fraction of sp³-hybridized carbons (Fsp3) is 0.0556. The number of benzene rings is 2. The molecule has 0 radical (unpaired) electrons. The number of hydrogen-bond donors (Lipinski definition) is 3. The van der Waals surface area contributed by atoms with Gasteiger partial charge in [-0.25, -0.2) is 4.99 Å². The average Bonchev–Trinajstić information content (AvgIpc) is 3.05. The summed E-state index contributed by atoms with van der Waals surface area (Å²) in [6.07, 6.45) is 1.56. The fourth-order valence-electron chi connectivity index (χ4n) is 2.33. The van der Waals surface area contributed by atoms with Crippen LogP contribution in [-0.4, -0.2) is 29.4 Å². The number of ether oxygens (including phenoxy) is 1. The SMILES string of the molecule is COc1ccccc1C=Nc1n[nH]c(Nc2ccc(Cl)cc2)c1C(N)=O. The van der Waals surface area contributed by atoms with E-state index in [9.17, 15) is 4.79 Å². The van der Waals surface area contributed by atoms with Crippen LogP contribution in [-0.2, 0) is 0 Å². The van der Waals surface area contributed by atoms with Crippen LogP contribution in [0.1, 0.15) is 15.9 Å². The number of primary amides is 1. The number of aliphatic imine (C=N–C) groups is 1. The van der Waals surface area contributed by atoms with Crippen molar-refractivity contribution in [3.63, 3.8) is 0 Å². The van der Waals surface area contributed by atoms with Gasteiger partial charge in [-0.3, -0.25) is 9.89 Å². The molecule has 1 heterocycles. The molecule has 3 rings (SSSR count). The van der Waals surface area contributed by atoms with E-state index < -0.39 is 5.91 Å². The van der Waals surface area contributed by atoms with Crippen LogP contribution in [0.25, 0.3) is 0 Å². The van der Waals surface area contributed by atoms with Crippen molar-refractivity contribution in [1.29, 1.82) is 0 Å². The molecule has 3 aromatic rings. The van der Waals surface area contributed by atoms with Gasteiger partial charge in [0.05, 0.1) is 7.11 Å². The molecular weight excluding hydrogens is 354 g/mol. The Labute approximate surface area is 154 Å². The van der Waals surface area contributed by atoms with Crippen LogP contribution in [0.3, 0.4) is 0 Å². The van der Waals surface area contributed by atoms with E-state index in [1.54, 1.807) is 37.6 Å². The fourth-order valence-corrected chi connectivity index (χ4v) is 2.46. The number of halogens is 1. The van der Waals surface area contributed by atoms with E-state index in [2.05, 4.69) is 20.5 Å². The van der Waals surface area contributed by atoms with Crippen LogP contribution in [0.2, 0.25) is 5.02 Å². The summed E-state index contributed by atoms with van der Waals surface area (Å²) >= 11 is 5.87. The molecule has 0 unspecified atom stereocenters. The van der Waals surface area contributed by atoms with E-state index in [4.69, 9.17) is 22.1 Å². The van der Waals surface area contributed by atoms with Gasteiger partial charge in [0.15, 0.2) is 5.82 Å². The lowest BCUT2D eigenvalue weighted by Crippen LogP contribution is -2.12. The number of rotatable bonds is 6. The van der Waals surface area contributed by atoms with Gasteiger partial charge in [-0.1, -0.05) is 23.7 Å². The molecule has 0 fully saturated rings. The Morgan fingerprint density at radius 3 is 2.69 bits per heavy atom. The molecule has 0 aliphatic heterocycles. The lowest BCUT2D eigenvalue weighted by Gasteiger charge is -2.05. The third kappa shape index (κ3) is 3.84. The van der Waals surface area contributed by atoms with Crippen molar-refractivity contribution < 1.29 is 9.53 Å². The van der Waals surface area contributed by atoms with Gasteiger partial charge in [-0.2, -0.15) is 5.10 Å². The number of para-hydroxylation sites is 1. The molecule has 2 aromatic carbocycles. The van der Waals surface area contributed by atoms with E-state index in [-0.39, 0.29) is 11.4 Å². The topological polar surface area (TPSA) is 105 Å². The highest BCUT2D eigenvalue weighted by Gasteiger charge is 2.18. The van der Waals surface area contributed by atoms with E-state index in [0.29, 0.717) is 16.6 Å². The maximum Gasteiger partial charge on any atom is 0.256 e. The number of anilines is 2. The van der Waals surface area contributed by atoms with Crippen molar-refractivity contribution in [2.24, 2.45) is 10.7 Å². The first-order chi connectivity index (χ1) is 12.6. The zero-order valence-electron chi connectivity index (χ0n) is 13.9. The third-order valence-corrected chi connectivity index (χ3v) is 3.82. The molecule has 0 aliphatic rings. The zero-order chi connectivity index (χ0) is 18.5. The van der Waals surface area contributed by atoms with Gasteiger partial charge >= 0.3 is 0 Å². The summed E-state index contributed by atoms with van der Waals surface area (Å²) in [6, 6.07) is 14.4. The number of aromatic amines is 1. The Hall–Kier alpha value is -3.32. The van der Waals surface area contributed by atoms with Crippen LogP contribution in [0.15, 0.2) is 53.5 Å². The first-order valence-corrected chi connectivity index (χ1v) is 8.04. The Kier molecular flexibility index (Phi) is 5.19. The van der Waals surface area contributed by atoms with Gasteiger partial charge in [0.1, 0.15) is 17.1 Å². The predicted molar refractivity (Wildman–Crippen MR) is 102 cm³/mol. The zero-order valence-corrected chi connectivity index (χ0v) is 14.6. The second-order valence-electron chi connectivity index (χ2n) is 5.29. The normalized spacial score (nSPS) is 10.8. The minimum atomic E-state index is -0.651. The summed E-state index contributed by atoms with van der Waals surface area (Å²) in [4.78, 5) is 16.2. The summed E-state index contributed by atoms with van der Waals surface area (Å²) in [7, 11) is 1.57. The first-order valence-electron chi connectivity index (χ1n) is 7.66. The van der Waals surface area contributed by atoms with Crippen molar-refractivity contribution >= 4 is 41.0 Å². The third-order valence-electron chi connectivity index (χ3n) is 3.57. The second kappa shape index (κ2) is 7.71. The number of nitrogens with two attached hydrogens (primary N) is 1. The van der Waals surface area contributed by atoms with Gasteiger partial charge in [0.25, 0.3) is 5.91 Å². The molecule has 0 bridgehead atoms. The highest BCUT2D eigenvalue weighted by atomic mass is 35.5. The highest BCUT2D eigenvalue weighted by molar-refractivity contribution is 6.30. The minimum absolute atomic E-state index is 0.158. The van der Waals surface area contributed by atoms with Crippen LogP contribution < -0.4 is 15.8 Å². The number of carbonyl (C=O) groups is 1. The van der Waals surface area contributed by atoms with Crippen molar-refractivity contribution in [2.45, 2.75) is 0 Å². The van der Waals surface area contributed by atoms with E-state index in [0.717, 1.165) is 11.3 Å². The second-order valence-corrected chi connectivity index (χ2v) is 5.73.